The van der Waals surface area contributed by atoms with Crippen molar-refractivity contribution in [3.63, 3.8) is 0 Å². The van der Waals surface area contributed by atoms with Crippen molar-refractivity contribution in [2.75, 3.05) is 0 Å². The van der Waals surface area contributed by atoms with Gasteiger partial charge in [0.25, 0.3) is 0 Å². The monoisotopic (exact) mass is 755 g/mol. The fourth-order valence-electron chi connectivity index (χ4n) is 7.56. The van der Waals surface area contributed by atoms with Gasteiger partial charge in [-0.25, -0.2) is 9.98 Å². The van der Waals surface area contributed by atoms with E-state index in [4.69, 9.17) is 9.98 Å². The number of nitrogens with one attached hydrogen (secondary N) is 1. The maximum Gasteiger partial charge on any atom is 0.169 e. The molecule has 3 nitrogen and oxygen atoms in total. The number of hydrogen-bond donors (Lipinski definition) is 1. The number of hydrogen-bond acceptors (Lipinski definition) is 3. The van der Waals surface area contributed by atoms with E-state index >= 15 is 0 Å². The van der Waals surface area contributed by atoms with Crippen LogP contribution < -0.4 is 5.32 Å². The zero-order valence-corrected chi connectivity index (χ0v) is 29.6. The number of fused-ring (bicyclic) bond motifs is 3. The Morgan fingerprint density at radius 3 is 1.48 bits per heavy atom. The number of amidine groups is 2. The number of aliphatic imine (C=N–C) groups is 2. The summed E-state index contributed by atoms with van der Waals surface area (Å²) in [6.45, 7) is 0. The van der Waals surface area contributed by atoms with E-state index < -0.39 is 11.6 Å². The van der Waals surface area contributed by atoms with Crippen LogP contribution in [-0.4, -0.2) is 11.7 Å². The molecule has 1 aliphatic heterocycles. The Morgan fingerprint density at radius 1 is 0.400 bits per heavy atom. The number of rotatable bonds is 6. The van der Waals surface area contributed by atoms with Crippen molar-refractivity contribution in [3.8, 4) is 22.3 Å². The van der Waals surface area contributed by atoms with E-state index in [0.717, 1.165) is 28.4 Å². The summed E-state index contributed by atoms with van der Waals surface area (Å²) in [7, 11) is 0. The Bertz CT molecular complexity index is 2290. The lowest BCUT2D eigenvalue weighted by Gasteiger charge is -2.34. The minimum atomic E-state index is -0.483. The second-order valence-corrected chi connectivity index (χ2v) is 12.6. The van der Waals surface area contributed by atoms with Gasteiger partial charge in [0.1, 0.15) is 11.7 Å². The van der Waals surface area contributed by atoms with E-state index in [9.17, 15) is 0 Å². The van der Waals surface area contributed by atoms with Crippen molar-refractivity contribution >= 4 is 35.6 Å². The average molecular weight is 756 g/mol. The zero-order chi connectivity index (χ0) is 32.6. The zero-order valence-electron chi connectivity index (χ0n) is 27.3. The molecule has 9 rings (SSSR count). The van der Waals surface area contributed by atoms with Crippen molar-refractivity contribution in [2.45, 2.75) is 11.6 Å². The van der Waals surface area contributed by atoms with Gasteiger partial charge in [-0.3, -0.25) is 0 Å². The Labute approximate surface area is 310 Å². The third kappa shape index (κ3) is 5.37. The summed E-state index contributed by atoms with van der Waals surface area (Å²) < 4.78 is 0. The van der Waals surface area contributed by atoms with Crippen LogP contribution in [0.4, 0.5) is 0 Å². The van der Waals surface area contributed by atoms with Gasteiger partial charge in [-0.05, 0) is 56.1 Å². The summed E-state index contributed by atoms with van der Waals surface area (Å²) in [5.41, 5.74) is 12.5. The summed E-state index contributed by atoms with van der Waals surface area (Å²) >= 11 is 0. The normalized spacial score (nSPS) is 15.4. The number of benzene rings is 7. The highest BCUT2D eigenvalue weighted by Crippen LogP contribution is 2.56. The molecule has 2 aliphatic rings. The molecule has 0 saturated heterocycles. The van der Waals surface area contributed by atoms with Crippen LogP contribution >= 0.6 is 24.0 Å². The Kier molecular flexibility index (Phi) is 8.47. The van der Waals surface area contributed by atoms with E-state index in [-0.39, 0.29) is 24.0 Å². The molecule has 0 fully saturated rings. The molecule has 0 radical (unpaired) electrons. The largest absolute Gasteiger partial charge is 0.324 e. The highest BCUT2D eigenvalue weighted by atomic mass is 127. The van der Waals surface area contributed by atoms with Gasteiger partial charge in [0.2, 0.25) is 0 Å². The molecule has 1 aliphatic carbocycles. The Morgan fingerprint density at radius 2 is 0.860 bits per heavy atom. The minimum Gasteiger partial charge on any atom is -0.324 e. The fourth-order valence-corrected chi connectivity index (χ4v) is 7.56. The highest BCUT2D eigenvalue weighted by molar-refractivity contribution is 14.0. The molecular formula is C46H34IN3. The van der Waals surface area contributed by atoms with E-state index in [2.05, 4.69) is 181 Å². The first-order valence-corrected chi connectivity index (χ1v) is 16.8. The van der Waals surface area contributed by atoms with Crippen molar-refractivity contribution in [3.05, 3.63) is 227 Å². The molecule has 0 saturated carbocycles. The fraction of sp³-hybridized carbons (Fsp3) is 0.0435. The summed E-state index contributed by atoms with van der Waals surface area (Å²) in [4.78, 5) is 10.4. The predicted octanol–water partition coefficient (Wildman–Crippen LogP) is 10.8. The van der Waals surface area contributed by atoms with Crippen LogP contribution in [0.3, 0.4) is 0 Å². The number of halogens is 1. The van der Waals surface area contributed by atoms with Crippen LogP contribution in [-0.2, 0) is 5.41 Å². The van der Waals surface area contributed by atoms with Gasteiger partial charge in [-0.2, -0.15) is 0 Å². The van der Waals surface area contributed by atoms with Crippen LogP contribution in [0.5, 0.6) is 0 Å². The second kappa shape index (κ2) is 13.4. The highest BCUT2D eigenvalue weighted by Gasteiger charge is 2.46. The Balaban J connectivity index is 0.00000361. The van der Waals surface area contributed by atoms with Crippen molar-refractivity contribution in [1.82, 2.24) is 5.32 Å². The summed E-state index contributed by atoms with van der Waals surface area (Å²) in [5, 5.41) is 3.64. The quantitative estimate of drug-likeness (QED) is 0.169. The summed E-state index contributed by atoms with van der Waals surface area (Å²) in [5.74, 6) is 1.61. The molecule has 7 aromatic carbocycles. The van der Waals surface area contributed by atoms with Gasteiger partial charge in [0.05, 0.1) is 5.41 Å². The predicted molar refractivity (Wildman–Crippen MR) is 216 cm³/mol. The first kappa shape index (κ1) is 31.7. The lowest BCUT2D eigenvalue weighted by molar-refractivity contribution is 0.754. The molecule has 0 spiro atoms. The molecule has 240 valence electrons. The minimum absolute atomic E-state index is 0. The topological polar surface area (TPSA) is 36.8 Å². The molecule has 1 atom stereocenters. The average Bonchev–Trinajstić information content (AvgIpc) is 3.49. The maximum atomic E-state index is 5.29. The van der Waals surface area contributed by atoms with Gasteiger partial charge in [0.15, 0.2) is 6.17 Å². The Hall–Kier alpha value is -5.59. The third-order valence-corrected chi connectivity index (χ3v) is 9.83. The first-order valence-electron chi connectivity index (χ1n) is 16.8. The molecule has 0 amide bonds. The second-order valence-electron chi connectivity index (χ2n) is 12.6. The molecule has 1 N–H and O–H groups in total. The van der Waals surface area contributed by atoms with E-state index in [0.29, 0.717) is 0 Å². The van der Waals surface area contributed by atoms with Crippen LogP contribution in [0.1, 0.15) is 45.1 Å². The molecule has 1 unspecified atom stereocenters. The smallest absolute Gasteiger partial charge is 0.169 e. The van der Waals surface area contributed by atoms with Crippen LogP contribution in [0.15, 0.2) is 198 Å². The van der Waals surface area contributed by atoms with Gasteiger partial charge in [0, 0.05) is 11.1 Å². The summed E-state index contributed by atoms with van der Waals surface area (Å²) in [6, 6.07) is 66.9. The molecular weight excluding hydrogens is 721 g/mol. The first-order chi connectivity index (χ1) is 24.3. The van der Waals surface area contributed by atoms with Crippen molar-refractivity contribution in [2.24, 2.45) is 9.98 Å². The molecule has 7 aromatic rings. The van der Waals surface area contributed by atoms with Gasteiger partial charge >= 0.3 is 0 Å². The lowest BCUT2D eigenvalue weighted by Crippen LogP contribution is -2.36. The molecule has 1 heterocycles. The van der Waals surface area contributed by atoms with E-state index in [1.165, 1.54) is 44.5 Å². The lowest BCUT2D eigenvalue weighted by atomic mass is 9.67. The van der Waals surface area contributed by atoms with Crippen LogP contribution in [0.2, 0.25) is 0 Å². The summed E-state index contributed by atoms with van der Waals surface area (Å²) in [6.07, 6.45) is -0.394. The van der Waals surface area contributed by atoms with Crippen LogP contribution in [0.25, 0.3) is 22.3 Å². The molecule has 0 bridgehead atoms. The molecule has 4 heteroatoms. The van der Waals surface area contributed by atoms with Gasteiger partial charge in [-0.15, -0.1) is 24.0 Å². The maximum absolute atomic E-state index is 5.29. The third-order valence-electron chi connectivity index (χ3n) is 9.83. The van der Waals surface area contributed by atoms with E-state index in [1.807, 2.05) is 12.1 Å². The van der Waals surface area contributed by atoms with E-state index in [1.54, 1.807) is 0 Å². The number of nitrogens with zero attached hydrogens (tertiary/aromatic N) is 2. The molecule has 50 heavy (non-hydrogen) atoms. The van der Waals surface area contributed by atoms with Crippen LogP contribution in [0, 0.1) is 0 Å². The van der Waals surface area contributed by atoms with Gasteiger partial charge in [-0.1, -0.05) is 182 Å². The molecule has 0 aromatic heterocycles. The standard InChI is InChI=1S/C46H33N3.HI/c1-5-15-32(16-6-1)33-25-27-35(28-26-33)44-47-43(34-17-7-2-8-18-34)48-45(49-44)36-29-30-40-39-23-13-14-24-41(39)46(42(40)31-36,37-19-9-3-10-20-37)38-21-11-4-12-22-38;/h1-31,44H,(H,47,48,49);1H. The van der Waals surface area contributed by atoms with Crippen molar-refractivity contribution < 1.29 is 0 Å². The SMILES string of the molecule is I.c1ccc(C2=NC(c3ccc(-c4ccccc4)cc3)N=C(c3ccc4c(c3)C(c3ccccc3)(c3ccccc3)c3ccccc3-4)N2)cc1. The van der Waals surface area contributed by atoms with Crippen molar-refractivity contribution in [1.29, 1.82) is 0 Å². The van der Waals surface area contributed by atoms with Gasteiger partial charge < -0.3 is 5.32 Å².